The van der Waals surface area contributed by atoms with E-state index in [-0.39, 0.29) is 5.91 Å². The van der Waals surface area contributed by atoms with Crippen LogP contribution < -0.4 is 11.1 Å². The van der Waals surface area contributed by atoms with E-state index in [4.69, 9.17) is 10.7 Å². The van der Waals surface area contributed by atoms with E-state index in [1.54, 1.807) is 41.7 Å². The first-order chi connectivity index (χ1) is 13.4. The molecule has 3 N–H and O–H groups in total. The molecule has 0 radical (unpaired) electrons. The molecule has 2 aromatic heterocycles. The lowest BCUT2D eigenvalue weighted by Gasteiger charge is -2.05. The van der Waals surface area contributed by atoms with Gasteiger partial charge in [-0.2, -0.15) is 0 Å². The zero-order chi connectivity index (χ0) is 19.8. The monoisotopic (exact) mass is 390 g/mol. The van der Waals surface area contributed by atoms with Gasteiger partial charge in [-0.3, -0.25) is 14.2 Å². The van der Waals surface area contributed by atoms with Gasteiger partial charge in [0.2, 0.25) is 5.91 Å². The maximum Gasteiger partial charge on any atom is 0.255 e. The molecule has 0 atom stereocenters. The summed E-state index contributed by atoms with van der Waals surface area (Å²) in [5.41, 5.74) is 9.86. The summed E-state index contributed by atoms with van der Waals surface area (Å²) in [6.45, 7) is 4.09. The third-order valence-electron chi connectivity index (χ3n) is 4.53. The lowest BCUT2D eigenvalue weighted by Crippen LogP contribution is -2.13. The van der Waals surface area contributed by atoms with Crippen molar-refractivity contribution in [2.75, 3.05) is 5.32 Å². The molecule has 7 heteroatoms. The number of aryl methyl sites for hydroxylation is 2. The third-order valence-corrected chi connectivity index (χ3v) is 5.53. The molecule has 2 aromatic carbocycles. The normalized spacial score (nSPS) is 10.9. The van der Waals surface area contributed by atoms with Crippen molar-refractivity contribution in [3.8, 4) is 5.13 Å². The minimum atomic E-state index is -0.502. The number of rotatable bonds is 4. The number of carbonyl (C=O) groups excluding carboxylic acids is 2. The van der Waals surface area contributed by atoms with Gasteiger partial charge in [0.25, 0.3) is 5.91 Å². The van der Waals surface area contributed by atoms with Crippen molar-refractivity contribution in [1.29, 1.82) is 0 Å². The van der Waals surface area contributed by atoms with Crippen LogP contribution in [-0.4, -0.2) is 21.4 Å². The van der Waals surface area contributed by atoms with Crippen LogP contribution in [0.2, 0.25) is 0 Å². The summed E-state index contributed by atoms with van der Waals surface area (Å²) < 4.78 is 3.05. The van der Waals surface area contributed by atoms with Crippen LogP contribution in [-0.2, 0) is 0 Å². The molecular weight excluding hydrogens is 372 g/mol. The predicted molar refractivity (Wildman–Crippen MR) is 111 cm³/mol. The molecule has 0 aliphatic carbocycles. The minimum absolute atomic E-state index is 0.225. The van der Waals surface area contributed by atoms with E-state index in [2.05, 4.69) is 22.0 Å². The van der Waals surface area contributed by atoms with Crippen LogP contribution in [0.4, 0.5) is 5.69 Å². The number of nitrogens with one attached hydrogen (secondary N) is 1. The quantitative estimate of drug-likeness (QED) is 0.551. The van der Waals surface area contributed by atoms with Gasteiger partial charge in [0.05, 0.1) is 10.2 Å². The molecule has 0 fully saturated rings. The first-order valence-corrected chi connectivity index (χ1v) is 9.51. The Morgan fingerprint density at radius 3 is 2.25 bits per heavy atom. The number of amides is 2. The molecular formula is C21H18N4O2S. The van der Waals surface area contributed by atoms with Crippen LogP contribution >= 0.6 is 11.3 Å². The van der Waals surface area contributed by atoms with Crippen molar-refractivity contribution in [3.05, 3.63) is 77.1 Å². The number of anilines is 1. The fourth-order valence-corrected chi connectivity index (χ4v) is 4.16. The summed E-state index contributed by atoms with van der Waals surface area (Å²) in [7, 11) is 0. The van der Waals surface area contributed by atoms with Gasteiger partial charge in [0, 0.05) is 28.2 Å². The molecule has 140 valence electrons. The number of primary amides is 1. The molecule has 2 heterocycles. The van der Waals surface area contributed by atoms with Crippen molar-refractivity contribution >= 4 is 39.1 Å². The molecule has 0 spiro atoms. The number of hydrogen-bond acceptors (Lipinski definition) is 4. The van der Waals surface area contributed by atoms with Gasteiger partial charge in [-0.05, 0) is 68.4 Å². The number of thiazole rings is 1. The fraction of sp³-hybridized carbons (Fsp3) is 0.0952. The Balaban J connectivity index is 1.60. The Hall–Kier alpha value is -3.45. The van der Waals surface area contributed by atoms with Crippen molar-refractivity contribution in [3.63, 3.8) is 0 Å². The Morgan fingerprint density at radius 2 is 1.61 bits per heavy atom. The van der Waals surface area contributed by atoms with Gasteiger partial charge in [0.15, 0.2) is 5.13 Å². The lowest BCUT2D eigenvalue weighted by atomic mass is 10.1. The van der Waals surface area contributed by atoms with Gasteiger partial charge in [-0.15, -0.1) is 0 Å². The largest absolute Gasteiger partial charge is 0.366 e. The summed E-state index contributed by atoms with van der Waals surface area (Å²) in [6, 6.07) is 16.0. The number of benzene rings is 2. The second kappa shape index (κ2) is 6.94. The van der Waals surface area contributed by atoms with Crippen molar-refractivity contribution in [1.82, 2.24) is 9.55 Å². The standard InChI is InChI=1S/C21H18N4O2S/c1-12-3-4-13(2)25(12)21-24-17-10-7-15(11-18(17)28-21)20(27)23-16-8-5-14(6-9-16)19(22)26/h3-11H,1-2H3,(H2,22,26)(H,23,27). The molecule has 4 rings (SSSR count). The van der Waals surface area contributed by atoms with Crippen LogP contribution in [0.5, 0.6) is 0 Å². The van der Waals surface area contributed by atoms with Crippen LogP contribution in [0.25, 0.3) is 15.3 Å². The smallest absolute Gasteiger partial charge is 0.255 e. The topological polar surface area (TPSA) is 90.0 Å². The van der Waals surface area contributed by atoms with E-state index in [1.807, 2.05) is 26.0 Å². The zero-order valence-electron chi connectivity index (χ0n) is 15.4. The second-order valence-electron chi connectivity index (χ2n) is 6.53. The highest BCUT2D eigenvalue weighted by Gasteiger charge is 2.13. The van der Waals surface area contributed by atoms with Gasteiger partial charge in [0.1, 0.15) is 0 Å². The highest BCUT2D eigenvalue weighted by Crippen LogP contribution is 2.28. The van der Waals surface area contributed by atoms with E-state index >= 15 is 0 Å². The maximum absolute atomic E-state index is 12.6. The predicted octanol–water partition coefficient (Wildman–Crippen LogP) is 4.06. The highest BCUT2D eigenvalue weighted by molar-refractivity contribution is 7.20. The van der Waals surface area contributed by atoms with Crippen LogP contribution in [0.15, 0.2) is 54.6 Å². The summed E-state index contributed by atoms with van der Waals surface area (Å²) in [6.07, 6.45) is 0. The van der Waals surface area contributed by atoms with E-state index < -0.39 is 5.91 Å². The zero-order valence-corrected chi connectivity index (χ0v) is 16.2. The van der Waals surface area contributed by atoms with E-state index in [1.165, 1.54) is 0 Å². The van der Waals surface area contributed by atoms with Crippen LogP contribution in [0.1, 0.15) is 32.1 Å². The molecule has 0 saturated carbocycles. The van der Waals surface area contributed by atoms with Crippen molar-refractivity contribution in [2.45, 2.75) is 13.8 Å². The summed E-state index contributed by atoms with van der Waals surface area (Å²) in [5.74, 6) is -0.727. The average Bonchev–Trinajstić information content (AvgIpc) is 3.23. The molecule has 2 amide bonds. The average molecular weight is 390 g/mol. The van der Waals surface area contributed by atoms with Gasteiger partial charge in [-0.1, -0.05) is 11.3 Å². The first kappa shape index (κ1) is 17.9. The Morgan fingerprint density at radius 1 is 0.964 bits per heavy atom. The van der Waals surface area contributed by atoms with Gasteiger partial charge in [-0.25, -0.2) is 4.98 Å². The second-order valence-corrected chi connectivity index (χ2v) is 7.54. The number of fused-ring (bicyclic) bond motifs is 1. The van der Waals surface area contributed by atoms with Crippen LogP contribution in [0, 0.1) is 13.8 Å². The SMILES string of the molecule is Cc1ccc(C)n1-c1nc2ccc(C(=O)Nc3ccc(C(N)=O)cc3)cc2s1. The summed E-state index contributed by atoms with van der Waals surface area (Å²) in [5, 5.41) is 3.71. The molecule has 4 aromatic rings. The first-order valence-electron chi connectivity index (χ1n) is 8.69. The molecule has 0 aliphatic rings. The minimum Gasteiger partial charge on any atom is -0.366 e. The van der Waals surface area contributed by atoms with Gasteiger partial charge >= 0.3 is 0 Å². The number of carbonyl (C=O) groups is 2. The van der Waals surface area contributed by atoms with Crippen LogP contribution in [0.3, 0.4) is 0 Å². The number of aromatic nitrogens is 2. The highest BCUT2D eigenvalue weighted by atomic mass is 32.1. The summed E-state index contributed by atoms with van der Waals surface area (Å²) >= 11 is 1.55. The number of nitrogens with two attached hydrogens (primary N) is 1. The molecule has 6 nitrogen and oxygen atoms in total. The number of hydrogen-bond donors (Lipinski definition) is 2. The van der Waals surface area contributed by atoms with Crippen molar-refractivity contribution < 1.29 is 9.59 Å². The molecule has 0 bridgehead atoms. The van der Waals surface area contributed by atoms with E-state index in [0.29, 0.717) is 16.8 Å². The summed E-state index contributed by atoms with van der Waals surface area (Å²) in [4.78, 5) is 28.4. The lowest BCUT2D eigenvalue weighted by molar-refractivity contribution is 0.0998. The molecule has 0 unspecified atom stereocenters. The van der Waals surface area contributed by atoms with Gasteiger partial charge < -0.3 is 11.1 Å². The molecule has 0 aliphatic heterocycles. The van der Waals surface area contributed by atoms with E-state index in [9.17, 15) is 9.59 Å². The molecule has 0 saturated heterocycles. The Bertz CT molecular complexity index is 1190. The Labute approximate surface area is 165 Å². The fourth-order valence-electron chi connectivity index (χ4n) is 3.04. The third kappa shape index (κ3) is 3.27. The van der Waals surface area contributed by atoms with E-state index in [0.717, 1.165) is 26.7 Å². The van der Waals surface area contributed by atoms with Crippen molar-refractivity contribution in [2.24, 2.45) is 5.73 Å². The number of nitrogens with zero attached hydrogens (tertiary/aromatic N) is 2. The molecule has 28 heavy (non-hydrogen) atoms. The Kier molecular flexibility index (Phi) is 4.44. The maximum atomic E-state index is 12.6.